The third kappa shape index (κ3) is 3.39. The number of fused-ring (bicyclic) bond motifs is 1. The number of benzene rings is 2. The van der Waals surface area contributed by atoms with Crippen molar-refractivity contribution < 1.29 is 9.13 Å². The van der Waals surface area contributed by atoms with E-state index in [1.807, 2.05) is 18.8 Å². The molecule has 110 valence electrons. The molecule has 1 aliphatic rings. The van der Waals surface area contributed by atoms with E-state index < -0.39 is 0 Å². The van der Waals surface area contributed by atoms with Gasteiger partial charge >= 0.3 is 0 Å². The minimum Gasteiger partial charge on any atom is -0.492 e. The van der Waals surface area contributed by atoms with E-state index in [-0.39, 0.29) is 5.82 Å². The molecule has 0 spiro atoms. The molecule has 0 amide bonds. The number of hydrogen-bond donors (Lipinski definition) is 1. The second-order valence-corrected chi connectivity index (χ2v) is 6.49. The van der Waals surface area contributed by atoms with E-state index in [4.69, 9.17) is 4.74 Å². The van der Waals surface area contributed by atoms with Gasteiger partial charge in [0.25, 0.3) is 0 Å². The summed E-state index contributed by atoms with van der Waals surface area (Å²) in [5.74, 6) is 0.539. The molecule has 2 aromatic carbocycles. The first-order chi connectivity index (χ1) is 10.3. The Labute approximate surface area is 128 Å². The fourth-order valence-corrected chi connectivity index (χ4v) is 3.77. The smallest absolute Gasteiger partial charge is 0.124 e. The van der Waals surface area contributed by atoms with Crippen LogP contribution in [0.25, 0.3) is 0 Å². The largest absolute Gasteiger partial charge is 0.492 e. The molecule has 4 heteroatoms. The Hall–Kier alpha value is -1.52. The summed E-state index contributed by atoms with van der Waals surface area (Å²) in [7, 11) is 1.85. The Morgan fingerprint density at radius 2 is 2.14 bits per heavy atom. The van der Waals surface area contributed by atoms with Crippen molar-refractivity contribution in [2.45, 2.75) is 23.1 Å². The highest BCUT2D eigenvalue weighted by Gasteiger charge is 2.22. The minimum absolute atomic E-state index is 0.227. The van der Waals surface area contributed by atoms with Gasteiger partial charge in [-0.2, -0.15) is 0 Å². The van der Waals surface area contributed by atoms with Crippen molar-refractivity contribution in [3.63, 3.8) is 0 Å². The molecular weight excluding hydrogens is 285 g/mol. The van der Waals surface area contributed by atoms with Crippen molar-refractivity contribution in [3.8, 4) is 5.75 Å². The van der Waals surface area contributed by atoms with E-state index >= 15 is 0 Å². The molecule has 1 atom stereocenters. The first-order valence-electron chi connectivity index (χ1n) is 7.06. The van der Waals surface area contributed by atoms with Crippen molar-refractivity contribution in [1.29, 1.82) is 0 Å². The first kappa shape index (κ1) is 14.4. The summed E-state index contributed by atoms with van der Waals surface area (Å²) in [6.45, 7) is 1.24. The van der Waals surface area contributed by atoms with Crippen molar-refractivity contribution in [1.82, 2.24) is 5.32 Å². The number of hydrogen-bond acceptors (Lipinski definition) is 3. The predicted octanol–water partition coefficient (Wildman–Crippen LogP) is 3.64. The van der Waals surface area contributed by atoms with Gasteiger partial charge in [0.05, 0.1) is 0 Å². The maximum Gasteiger partial charge on any atom is 0.124 e. The SMILES string of the molecule is CNCc1cc(F)ccc1OCC1Cc2ccccc2S1. The normalized spacial score (nSPS) is 16.8. The van der Waals surface area contributed by atoms with Crippen molar-refractivity contribution >= 4 is 11.8 Å². The average molecular weight is 303 g/mol. The average Bonchev–Trinajstić information content (AvgIpc) is 2.89. The summed E-state index contributed by atoms with van der Waals surface area (Å²) in [4.78, 5) is 1.35. The van der Waals surface area contributed by atoms with Gasteiger partial charge in [-0.15, -0.1) is 11.8 Å². The van der Waals surface area contributed by atoms with Gasteiger partial charge in [0.15, 0.2) is 0 Å². The quantitative estimate of drug-likeness (QED) is 0.911. The van der Waals surface area contributed by atoms with Gasteiger partial charge in [0, 0.05) is 22.3 Å². The van der Waals surface area contributed by atoms with Crippen LogP contribution < -0.4 is 10.1 Å². The zero-order valence-corrected chi connectivity index (χ0v) is 12.8. The number of ether oxygens (including phenoxy) is 1. The maximum atomic E-state index is 13.3. The van der Waals surface area contributed by atoms with E-state index in [2.05, 4.69) is 29.6 Å². The highest BCUT2D eigenvalue weighted by Crippen LogP contribution is 2.37. The van der Waals surface area contributed by atoms with Crippen LogP contribution in [-0.4, -0.2) is 18.9 Å². The lowest BCUT2D eigenvalue weighted by atomic mass is 10.1. The topological polar surface area (TPSA) is 21.3 Å². The number of halogens is 1. The fourth-order valence-electron chi connectivity index (χ4n) is 2.55. The van der Waals surface area contributed by atoms with Crippen LogP contribution in [0.2, 0.25) is 0 Å². The van der Waals surface area contributed by atoms with Crippen molar-refractivity contribution in [3.05, 3.63) is 59.4 Å². The molecule has 2 aromatic rings. The highest BCUT2D eigenvalue weighted by molar-refractivity contribution is 8.00. The second-order valence-electron chi connectivity index (χ2n) is 5.15. The van der Waals surface area contributed by atoms with Crippen molar-refractivity contribution in [2.24, 2.45) is 0 Å². The lowest BCUT2D eigenvalue weighted by Gasteiger charge is -2.14. The minimum atomic E-state index is -0.227. The van der Waals surface area contributed by atoms with Crippen molar-refractivity contribution in [2.75, 3.05) is 13.7 Å². The predicted molar refractivity (Wildman–Crippen MR) is 84.4 cm³/mol. The molecule has 1 N–H and O–H groups in total. The zero-order valence-electron chi connectivity index (χ0n) is 11.9. The van der Waals surface area contributed by atoms with Crippen LogP contribution in [0.3, 0.4) is 0 Å². The summed E-state index contributed by atoms with van der Waals surface area (Å²) in [6.07, 6.45) is 1.03. The molecule has 0 fully saturated rings. The lowest BCUT2D eigenvalue weighted by Crippen LogP contribution is -2.15. The van der Waals surface area contributed by atoms with Gasteiger partial charge in [-0.3, -0.25) is 0 Å². The van der Waals surface area contributed by atoms with E-state index in [0.29, 0.717) is 18.4 Å². The maximum absolute atomic E-state index is 13.3. The zero-order chi connectivity index (χ0) is 14.7. The standard InChI is InChI=1S/C17H18FNOS/c1-19-10-13-8-14(18)6-7-16(13)20-11-15-9-12-4-2-3-5-17(12)21-15/h2-8,15,19H,9-11H2,1H3. The molecule has 1 unspecified atom stereocenters. The van der Waals surface area contributed by atoms with E-state index in [9.17, 15) is 4.39 Å². The lowest BCUT2D eigenvalue weighted by molar-refractivity contribution is 0.313. The molecule has 0 aliphatic carbocycles. The summed E-state index contributed by atoms with van der Waals surface area (Å²) < 4.78 is 19.2. The fraction of sp³-hybridized carbons (Fsp3) is 0.294. The van der Waals surface area contributed by atoms with Gasteiger partial charge in [0.1, 0.15) is 18.2 Å². The Balaban J connectivity index is 1.64. The van der Waals surface area contributed by atoms with E-state index in [0.717, 1.165) is 17.7 Å². The van der Waals surface area contributed by atoms with Crippen LogP contribution in [0, 0.1) is 5.82 Å². The molecule has 0 saturated heterocycles. The van der Waals surface area contributed by atoms with Crippen LogP contribution in [0.15, 0.2) is 47.4 Å². The number of nitrogens with one attached hydrogen (secondary N) is 1. The molecule has 3 rings (SSSR count). The van der Waals surface area contributed by atoms with Crippen LogP contribution in [0.1, 0.15) is 11.1 Å². The third-order valence-electron chi connectivity index (χ3n) is 3.53. The molecule has 0 saturated carbocycles. The van der Waals surface area contributed by atoms with Gasteiger partial charge in [-0.05, 0) is 43.3 Å². The van der Waals surface area contributed by atoms with Crippen LogP contribution in [-0.2, 0) is 13.0 Å². The van der Waals surface area contributed by atoms with Gasteiger partial charge in [-0.25, -0.2) is 4.39 Å². The highest BCUT2D eigenvalue weighted by atomic mass is 32.2. The Bertz CT molecular complexity index is 607. The van der Waals surface area contributed by atoms with Gasteiger partial charge in [0.2, 0.25) is 0 Å². The summed E-state index contributed by atoms with van der Waals surface area (Å²) in [5.41, 5.74) is 2.25. The van der Waals surface area contributed by atoms with Crippen LogP contribution in [0.4, 0.5) is 4.39 Å². The summed E-state index contributed by atoms with van der Waals surface area (Å²) in [6, 6.07) is 13.2. The molecule has 0 aromatic heterocycles. The summed E-state index contributed by atoms with van der Waals surface area (Å²) in [5, 5.41) is 3.47. The molecule has 0 bridgehead atoms. The molecule has 0 radical (unpaired) electrons. The molecule has 21 heavy (non-hydrogen) atoms. The van der Waals surface area contributed by atoms with E-state index in [1.54, 1.807) is 6.07 Å². The van der Waals surface area contributed by atoms with Crippen LogP contribution >= 0.6 is 11.8 Å². The Morgan fingerprint density at radius 3 is 2.95 bits per heavy atom. The molecule has 1 aliphatic heterocycles. The first-order valence-corrected chi connectivity index (χ1v) is 7.94. The van der Waals surface area contributed by atoms with E-state index in [1.165, 1.54) is 22.6 Å². The Kier molecular flexibility index (Phi) is 4.46. The molecular formula is C17H18FNOS. The summed E-state index contributed by atoms with van der Waals surface area (Å²) >= 11 is 1.86. The number of rotatable bonds is 5. The monoisotopic (exact) mass is 303 g/mol. The Morgan fingerprint density at radius 1 is 1.29 bits per heavy atom. The van der Waals surface area contributed by atoms with Gasteiger partial charge < -0.3 is 10.1 Å². The third-order valence-corrected chi connectivity index (χ3v) is 4.82. The van der Waals surface area contributed by atoms with Crippen LogP contribution in [0.5, 0.6) is 5.75 Å². The number of thioether (sulfide) groups is 1. The van der Waals surface area contributed by atoms with Gasteiger partial charge in [-0.1, -0.05) is 18.2 Å². The molecule has 1 heterocycles. The second kappa shape index (κ2) is 6.50. The molecule has 2 nitrogen and oxygen atoms in total.